The van der Waals surface area contributed by atoms with Crippen LogP contribution in [0.5, 0.6) is 0 Å². The second kappa shape index (κ2) is 4.95. The van der Waals surface area contributed by atoms with Crippen molar-refractivity contribution in [2.24, 2.45) is 5.92 Å². The number of rotatable bonds is 4. The molecule has 92 valence electrons. The third-order valence-corrected chi connectivity index (χ3v) is 2.58. The zero-order valence-corrected chi connectivity index (χ0v) is 11.0. The molecule has 4 heteroatoms. The van der Waals surface area contributed by atoms with Gasteiger partial charge in [-0.25, -0.2) is 4.68 Å². The largest absolute Gasteiger partial charge is 0.390 e. The van der Waals surface area contributed by atoms with E-state index in [0.717, 1.165) is 18.7 Å². The van der Waals surface area contributed by atoms with Crippen LogP contribution in [0.4, 0.5) is 0 Å². The minimum atomic E-state index is -0.0335. The smallest absolute Gasteiger partial charge is 0.112 e. The molecule has 1 heterocycles. The Labute approximate surface area is 97.7 Å². The van der Waals surface area contributed by atoms with E-state index in [1.54, 1.807) is 0 Å². The maximum Gasteiger partial charge on any atom is 0.112 e. The molecule has 16 heavy (non-hydrogen) atoms. The van der Waals surface area contributed by atoms with Gasteiger partial charge in [-0.15, -0.1) is 5.10 Å². The van der Waals surface area contributed by atoms with Crippen molar-refractivity contribution in [3.8, 4) is 0 Å². The highest BCUT2D eigenvalue weighted by atomic mass is 16.3. The Morgan fingerprint density at radius 2 is 1.94 bits per heavy atom. The van der Waals surface area contributed by atoms with Crippen LogP contribution in [-0.2, 0) is 18.6 Å². The van der Waals surface area contributed by atoms with Crippen LogP contribution in [0, 0.1) is 5.92 Å². The van der Waals surface area contributed by atoms with E-state index >= 15 is 0 Å². The van der Waals surface area contributed by atoms with Gasteiger partial charge in [0.25, 0.3) is 0 Å². The monoisotopic (exact) mass is 225 g/mol. The van der Waals surface area contributed by atoms with Gasteiger partial charge >= 0.3 is 0 Å². The van der Waals surface area contributed by atoms with Crippen LogP contribution in [0.25, 0.3) is 0 Å². The average molecular weight is 225 g/mol. The van der Waals surface area contributed by atoms with Crippen molar-refractivity contribution in [2.45, 2.75) is 59.6 Å². The molecule has 1 aromatic heterocycles. The number of aromatic nitrogens is 3. The molecule has 1 aromatic rings. The van der Waals surface area contributed by atoms with E-state index in [9.17, 15) is 5.11 Å². The molecule has 4 nitrogen and oxygen atoms in total. The number of aliphatic hydroxyl groups is 1. The van der Waals surface area contributed by atoms with Crippen LogP contribution in [-0.4, -0.2) is 20.1 Å². The van der Waals surface area contributed by atoms with Crippen LogP contribution < -0.4 is 0 Å². The molecule has 0 unspecified atom stereocenters. The summed E-state index contributed by atoms with van der Waals surface area (Å²) < 4.78 is 1.94. The molecule has 0 saturated carbocycles. The lowest BCUT2D eigenvalue weighted by molar-refractivity contribution is 0.272. The molecule has 0 radical (unpaired) electrons. The van der Waals surface area contributed by atoms with Crippen molar-refractivity contribution in [3.05, 3.63) is 11.4 Å². The van der Waals surface area contributed by atoms with E-state index < -0.39 is 0 Å². The maximum atomic E-state index is 9.26. The summed E-state index contributed by atoms with van der Waals surface area (Å²) in [5.74, 6) is 0.648. The van der Waals surface area contributed by atoms with Gasteiger partial charge in [0.05, 0.1) is 12.3 Å². The minimum absolute atomic E-state index is 0.0292. The van der Waals surface area contributed by atoms with E-state index in [1.807, 2.05) is 4.68 Å². The van der Waals surface area contributed by atoms with E-state index in [4.69, 9.17) is 0 Å². The predicted molar refractivity (Wildman–Crippen MR) is 64.1 cm³/mol. The Balaban J connectivity index is 2.96. The zero-order chi connectivity index (χ0) is 12.3. The van der Waals surface area contributed by atoms with Gasteiger partial charge in [-0.1, -0.05) is 39.8 Å². The van der Waals surface area contributed by atoms with Crippen molar-refractivity contribution in [1.82, 2.24) is 15.0 Å². The molecule has 0 amide bonds. The summed E-state index contributed by atoms with van der Waals surface area (Å²) in [5, 5.41) is 17.4. The normalized spacial score (nSPS) is 12.4. The summed E-state index contributed by atoms with van der Waals surface area (Å²) >= 11 is 0. The molecule has 0 bridgehead atoms. The fourth-order valence-electron chi connectivity index (χ4n) is 1.81. The van der Waals surface area contributed by atoms with Gasteiger partial charge in [0.2, 0.25) is 0 Å². The first-order valence-corrected chi connectivity index (χ1v) is 5.90. The van der Waals surface area contributed by atoms with Crippen LogP contribution in [0.15, 0.2) is 0 Å². The fourth-order valence-corrected chi connectivity index (χ4v) is 1.81. The third kappa shape index (κ3) is 3.04. The van der Waals surface area contributed by atoms with Crippen LogP contribution >= 0.6 is 0 Å². The highest BCUT2D eigenvalue weighted by molar-refractivity contribution is 5.18. The number of aryl methyl sites for hydroxylation is 1. The van der Waals surface area contributed by atoms with Crippen molar-refractivity contribution in [1.29, 1.82) is 0 Å². The Hall–Kier alpha value is -0.900. The van der Waals surface area contributed by atoms with Gasteiger partial charge in [0.1, 0.15) is 5.69 Å². The van der Waals surface area contributed by atoms with E-state index in [0.29, 0.717) is 11.6 Å². The number of hydrogen-bond donors (Lipinski definition) is 1. The van der Waals surface area contributed by atoms with Crippen molar-refractivity contribution in [2.75, 3.05) is 0 Å². The van der Waals surface area contributed by atoms with Gasteiger partial charge in [0, 0.05) is 12.0 Å². The number of aliphatic hydroxyl groups excluding tert-OH is 1. The topological polar surface area (TPSA) is 50.9 Å². The molecule has 1 N–H and O–H groups in total. The Morgan fingerprint density at radius 3 is 2.38 bits per heavy atom. The summed E-state index contributed by atoms with van der Waals surface area (Å²) in [6.07, 6.45) is 1.08. The predicted octanol–water partition coefficient (Wildman–Crippen LogP) is 2.11. The van der Waals surface area contributed by atoms with E-state index in [1.165, 1.54) is 0 Å². The molecule has 0 aromatic carbocycles. The molecule has 0 fully saturated rings. The summed E-state index contributed by atoms with van der Waals surface area (Å²) in [6.45, 7) is 11.6. The van der Waals surface area contributed by atoms with Crippen molar-refractivity contribution < 1.29 is 5.11 Å². The Morgan fingerprint density at radius 1 is 1.31 bits per heavy atom. The quantitative estimate of drug-likeness (QED) is 0.854. The first-order chi connectivity index (χ1) is 7.36. The second-order valence-electron chi connectivity index (χ2n) is 5.70. The van der Waals surface area contributed by atoms with Crippen molar-refractivity contribution >= 4 is 0 Å². The van der Waals surface area contributed by atoms with Crippen molar-refractivity contribution in [3.63, 3.8) is 0 Å². The lowest BCUT2D eigenvalue weighted by Crippen LogP contribution is -2.21. The molecular weight excluding hydrogens is 202 g/mol. The van der Waals surface area contributed by atoms with Gasteiger partial charge < -0.3 is 5.11 Å². The van der Waals surface area contributed by atoms with Crippen LogP contribution in [0.1, 0.15) is 52.4 Å². The second-order valence-corrected chi connectivity index (χ2v) is 5.70. The molecule has 0 atom stereocenters. The van der Waals surface area contributed by atoms with E-state index in [2.05, 4.69) is 44.9 Å². The highest BCUT2D eigenvalue weighted by Crippen LogP contribution is 2.25. The molecule has 0 spiro atoms. The Bertz CT molecular complexity index is 337. The molecule has 0 aliphatic rings. The maximum absolute atomic E-state index is 9.26. The molecule has 0 saturated heterocycles. The summed E-state index contributed by atoms with van der Waals surface area (Å²) in [6, 6.07) is 0. The standard InChI is InChI=1S/C12H23N3O/c1-9(2)6-7-15-11(12(3,4)5)10(8-16)13-14-15/h9,16H,6-8H2,1-5H3. The SMILES string of the molecule is CC(C)CCn1nnc(CO)c1C(C)(C)C. The molecule has 0 aliphatic heterocycles. The fraction of sp³-hybridized carbons (Fsp3) is 0.833. The van der Waals surface area contributed by atoms with Gasteiger partial charge in [-0.3, -0.25) is 0 Å². The lowest BCUT2D eigenvalue weighted by Gasteiger charge is -2.21. The number of hydrogen-bond acceptors (Lipinski definition) is 3. The van der Waals surface area contributed by atoms with E-state index in [-0.39, 0.29) is 12.0 Å². The molecule has 0 aliphatic carbocycles. The molecular formula is C12H23N3O. The van der Waals surface area contributed by atoms with Crippen LogP contribution in [0.3, 0.4) is 0 Å². The zero-order valence-electron chi connectivity index (χ0n) is 11.0. The van der Waals surface area contributed by atoms with Gasteiger partial charge in [0.15, 0.2) is 0 Å². The highest BCUT2D eigenvalue weighted by Gasteiger charge is 2.24. The summed E-state index contributed by atoms with van der Waals surface area (Å²) in [5.41, 5.74) is 1.73. The Kier molecular flexibility index (Phi) is 4.08. The summed E-state index contributed by atoms with van der Waals surface area (Å²) in [7, 11) is 0. The number of nitrogens with zero attached hydrogens (tertiary/aromatic N) is 3. The third-order valence-electron chi connectivity index (χ3n) is 2.58. The lowest BCUT2D eigenvalue weighted by atomic mass is 9.90. The summed E-state index contributed by atoms with van der Waals surface area (Å²) in [4.78, 5) is 0. The van der Waals surface area contributed by atoms with Gasteiger partial charge in [-0.05, 0) is 12.3 Å². The first-order valence-electron chi connectivity index (χ1n) is 5.90. The average Bonchev–Trinajstić information content (AvgIpc) is 2.56. The minimum Gasteiger partial charge on any atom is -0.390 e. The molecule has 1 rings (SSSR count). The van der Waals surface area contributed by atoms with Crippen LogP contribution in [0.2, 0.25) is 0 Å². The first kappa shape index (κ1) is 13.2. The van der Waals surface area contributed by atoms with Gasteiger partial charge in [-0.2, -0.15) is 0 Å².